The van der Waals surface area contributed by atoms with Gasteiger partial charge in [-0.2, -0.15) is 0 Å². The van der Waals surface area contributed by atoms with E-state index in [-0.39, 0.29) is 12.3 Å². The Hall–Kier alpha value is -2.45. The lowest BCUT2D eigenvalue weighted by atomic mass is 10.1. The highest BCUT2D eigenvalue weighted by Crippen LogP contribution is 2.29. The van der Waals surface area contributed by atoms with Gasteiger partial charge in [0.2, 0.25) is 11.0 Å². The fraction of sp³-hybridized carbons (Fsp3) is 0.211. The number of methoxy groups -OCH3 is 2. The van der Waals surface area contributed by atoms with Gasteiger partial charge in [-0.3, -0.25) is 4.79 Å². The van der Waals surface area contributed by atoms with Crippen molar-refractivity contribution in [2.24, 2.45) is 0 Å². The summed E-state index contributed by atoms with van der Waals surface area (Å²) < 4.78 is 11.5. The number of nitrogens with zero attached hydrogens (tertiary/aromatic N) is 2. The molecule has 0 saturated heterocycles. The van der Waals surface area contributed by atoms with Crippen LogP contribution in [-0.2, 0) is 17.6 Å². The van der Waals surface area contributed by atoms with E-state index in [4.69, 9.17) is 9.47 Å². The summed E-state index contributed by atoms with van der Waals surface area (Å²) in [6, 6.07) is 13.4. The van der Waals surface area contributed by atoms with Gasteiger partial charge in [0.05, 0.1) is 20.6 Å². The summed E-state index contributed by atoms with van der Waals surface area (Å²) in [4.78, 5) is 12.2. The molecule has 0 unspecified atom stereocenters. The number of hydrogen-bond acceptors (Lipinski definition) is 6. The number of nitrogens with one attached hydrogen (secondary N) is 1. The first-order valence-electron chi connectivity index (χ1n) is 8.15. The first-order chi connectivity index (χ1) is 13.1. The molecule has 0 saturated carbocycles. The molecular weight excluding hydrogens is 430 g/mol. The van der Waals surface area contributed by atoms with Gasteiger partial charge < -0.3 is 14.8 Å². The number of amides is 1. The number of carbonyl (C=O) groups is 1. The standard InChI is InChI=1S/C19H18BrN3O3S/c1-25-15-8-5-13(9-16(15)26-2)11-18-22-23-19(27-18)21-17(24)10-12-3-6-14(20)7-4-12/h3-9H,10-11H2,1-2H3,(H,21,23,24). The number of ether oxygens (including phenoxy) is 2. The molecule has 0 atom stereocenters. The third-order valence-electron chi connectivity index (χ3n) is 3.79. The van der Waals surface area contributed by atoms with Crippen LogP contribution in [0.3, 0.4) is 0 Å². The molecule has 0 spiro atoms. The molecule has 3 rings (SSSR count). The number of carbonyl (C=O) groups excluding carboxylic acids is 1. The van der Waals surface area contributed by atoms with Gasteiger partial charge in [-0.05, 0) is 35.4 Å². The summed E-state index contributed by atoms with van der Waals surface area (Å²) >= 11 is 4.74. The quantitative estimate of drug-likeness (QED) is 0.590. The monoisotopic (exact) mass is 447 g/mol. The average molecular weight is 448 g/mol. The minimum absolute atomic E-state index is 0.119. The third kappa shape index (κ3) is 5.27. The van der Waals surface area contributed by atoms with Gasteiger partial charge in [0.25, 0.3) is 0 Å². The maximum atomic E-state index is 12.2. The van der Waals surface area contributed by atoms with E-state index in [1.807, 2.05) is 42.5 Å². The van der Waals surface area contributed by atoms with Crippen LogP contribution < -0.4 is 14.8 Å². The molecule has 0 aliphatic carbocycles. The van der Waals surface area contributed by atoms with E-state index in [1.165, 1.54) is 11.3 Å². The predicted octanol–water partition coefficient (Wildman–Crippen LogP) is 4.09. The van der Waals surface area contributed by atoms with Crippen molar-refractivity contribution < 1.29 is 14.3 Å². The molecule has 6 nitrogen and oxygen atoms in total. The molecule has 1 N–H and O–H groups in total. The van der Waals surface area contributed by atoms with E-state index in [0.29, 0.717) is 23.1 Å². The molecule has 0 aliphatic rings. The maximum Gasteiger partial charge on any atom is 0.230 e. The number of benzene rings is 2. The van der Waals surface area contributed by atoms with Gasteiger partial charge in [0.15, 0.2) is 11.5 Å². The normalized spacial score (nSPS) is 10.5. The van der Waals surface area contributed by atoms with Crippen molar-refractivity contribution in [3.05, 3.63) is 63.1 Å². The third-order valence-corrected chi connectivity index (χ3v) is 5.16. The fourth-order valence-electron chi connectivity index (χ4n) is 2.49. The van der Waals surface area contributed by atoms with Crippen molar-refractivity contribution >= 4 is 38.3 Å². The number of halogens is 1. The lowest BCUT2D eigenvalue weighted by molar-refractivity contribution is -0.115. The molecule has 140 valence electrons. The first-order valence-corrected chi connectivity index (χ1v) is 9.76. The number of aromatic nitrogens is 2. The Bertz CT molecular complexity index is 928. The molecule has 1 heterocycles. The minimum atomic E-state index is -0.119. The van der Waals surface area contributed by atoms with Crippen molar-refractivity contribution in [3.63, 3.8) is 0 Å². The van der Waals surface area contributed by atoms with Crippen LogP contribution in [0.15, 0.2) is 46.9 Å². The molecular formula is C19H18BrN3O3S. The Morgan fingerprint density at radius 3 is 2.44 bits per heavy atom. The first kappa shape index (κ1) is 19.3. The second-order valence-corrected chi connectivity index (χ2v) is 7.70. The molecule has 3 aromatic rings. The lowest BCUT2D eigenvalue weighted by Crippen LogP contribution is -2.14. The van der Waals surface area contributed by atoms with Crippen LogP contribution in [0.1, 0.15) is 16.1 Å². The zero-order chi connectivity index (χ0) is 19.2. The molecule has 8 heteroatoms. The second-order valence-electron chi connectivity index (χ2n) is 5.72. The Balaban J connectivity index is 1.61. The zero-order valence-corrected chi connectivity index (χ0v) is 17.3. The number of rotatable bonds is 7. The Morgan fingerprint density at radius 1 is 1.04 bits per heavy atom. The van der Waals surface area contributed by atoms with Crippen LogP contribution in [0.5, 0.6) is 11.5 Å². The summed E-state index contributed by atoms with van der Waals surface area (Å²) in [6.45, 7) is 0. The highest BCUT2D eigenvalue weighted by atomic mass is 79.9. The van der Waals surface area contributed by atoms with Crippen molar-refractivity contribution in [3.8, 4) is 11.5 Å². The van der Waals surface area contributed by atoms with Crippen LogP contribution >= 0.6 is 27.3 Å². The zero-order valence-electron chi connectivity index (χ0n) is 14.9. The molecule has 1 aromatic heterocycles. The molecule has 2 aromatic carbocycles. The van der Waals surface area contributed by atoms with Crippen molar-refractivity contribution in [2.75, 3.05) is 19.5 Å². The van der Waals surface area contributed by atoms with E-state index >= 15 is 0 Å². The SMILES string of the molecule is COc1ccc(Cc2nnc(NC(=O)Cc3ccc(Br)cc3)s2)cc1OC. The molecule has 27 heavy (non-hydrogen) atoms. The number of hydrogen-bond donors (Lipinski definition) is 1. The van der Waals surface area contributed by atoms with Crippen molar-refractivity contribution in [2.45, 2.75) is 12.8 Å². The van der Waals surface area contributed by atoms with Crippen LogP contribution in [0.25, 0.3) is 0 Å². The summed E-state index contributed by atoms with van der Waals surface area (Å²) in [5.74, 6) is 1.23. The average Bonchev–Trinajstić information content (AvgIpc) is 3.10. The van der Waals surface area contributed by atoms with Gasteiger partial charge in [0.1, 0.15) is 5.01 Å². The molecule has 0 fully saturated rings. The summed E-state index contributed by atoms with van der Waals surface area (Å²) in [6.07, 6.45) is 0.887. The van der Waals surface area contributed by atoms with Gasteiger partial charge in [-0.1, -0.05) is 45.5 Å². The molecule has 0 bridgehead atoms. The van der Waals surface area contributed by atoms with Crippen LogP contribution in [-0.4, -0.2) is 30.3 Å². The molecule has 1 amide bonds. The van der Waals surface area contributed by atoms with E-state index in [0.717, 1.165) is 20.6 Å². The highest BCUT2D eigenvalue weighted by Gasteiger charge is 2.11. The largest absolute Gasteiger partial charge is 0.493 e. The van der Waals surface area contributed by atoms with Crippen LogP contribution in [0.2, 0.25) is 0 Å². The highest BCUT2D eigenvalue weighted by molar-refractivity contribution is 9.10. The molecule has 0 aliphatic heterocycles. The van der Waals surface area contributed by atoms with E-state index in [2.05, 4.69) is 31.4 Å². The van der Waals surface area contributed by atoms with Gasteiger partial charge in [0, 0.05) is 10.9 Å². The van der Waals surface area contributed by atoms with Gasteiger partial charge in [-0.25, -0.2) is 0 Å². The second kappa shape index (κ2) is 8.96. The smallest absolute Gasteiger partial charge is 0.230 e. The van der Waals surface area contributed by atoms with Crippen molar-refractivity contribution in [1.82, 2.24) is 10.2 Å². The van der Waals surface area contributed by atoms with Crippen LogP contribution in [0, 0.1) is 0 Å². The minimum Gasteiger partial charge on any atom is -0.493 e. The Morgan fingerprint density at radius 2 is 1.74 bits per heavy atom. The topological polar surface area (TPSA) is 73.3 Å². The number of anilines is 1. The van der Waals surface area contributed by atoms with E-state index in [9.17, 15) is 4.79 Å². The maximum absolute atomic E-state index is 12.2. The fourth-order valence-corrected chi connectivity index (χ4v) is 3.55. The predicted molar refractivity (Wildman–Crippen MR) is 109 cm³/mol. The summed E-state index contributed by atoms with van der Waals surface area (Å²) in [7, 11) is 3.21. The molecule has 0 radical (unpaired) electrons. The van der Waals surface area contributed by atoms with Crippen molar-refractivity contribution in [1.29, 1.82) is 0 Å². The van der Waals surface area contributed by atoms with E-state index in [1.54, 1.807) is 14.2 Å². The van der Waals surface area contributed by atoms with Gasteiger partial charge >= 0.3 is 0 Å². The van der Waals surface area contributed by atoms with Gasteiger partial charge in [-0.15, -0.1) is 10.2 Å². The summed E-state index contributed by atoms with van der Waals surface area (Å²) in [5.41, 5.74) is 1.96. The lowest BCUT2D eigenvalue weighted by Gasteiger charge is -2.08. The summed E-state index contributed by atoms with van der Waals surface area (Å²) in [5, 5.41) is 12.3. The Kier molecular flexibility index (Phi) is 6.41. The van der Waals surface area contributed by atoms with Crippen LogP contribution in [0.4, 0.5) is 5.13 Å². The van der Waals surface area contributed by atoms with E-state index < -0.39 is 0 Å². The Labute approximate surface area is 169 Å².